The Hall–Kier alpha value is -2.42. The third kappa shape index (κ3) is 4.44. The van der Waals surface area contributed by atoms with Gasteiger partial charge < -0.3 is 15.4 Å². The van der Waals surface area contributed by atoms with Crippen molar-refractivity contribution in [2.24, 2.45) is 5.14 Å². The van der Waals surface area contributed by atoms with Crippen molar-refractivity contribution >= 4 is 15.9 Å². The number of hydrogen-bond acceptors (Lipinski definition) is 5. The smallest absolute Gasteiger partial charge is 0.255 e. The fourth-order valence-corrected chi connectivity index (χ4v) is 4.66. The Labute approximate surface area is 170 Å². The van der Waals surface area contributed by atoms with Gasteiger partial charge in [-0.2, -0.15) is 0 Å². The quantitative estimate of drug-likeness (QED) is 0.660. The van der Waals surface area contributed by atoms with Gasteiger partial charge in [-0.25, -0.2) is 13.6 Å². The van der Waals surface area contributed by atoms with Gasteiger partial charge in [0.2, 0.25) is 10.0 Å². The van der Waals surface area contributed by atoms with Gasteiger partial charge in [-0.1, -0.05) is 30.3 Å². The molecule has 0 spiro atoms. The van der Waals surface area contributed by atoms with Crippen LogP contribution in [0.5, 0.6) is 5.75 Å². The molecule has 0 aromatic heterocycles. The number of fused-ring (bicyclic) bond motifs is 1. The van der Waals surface area contributed by atoms with E-state index in [4.69, 9.17) is 9.88 Å². The van der Waals surface area contributed by atoms with Gasteiger partial charge in [-0.15, -0.1) is 0 Å². The number of rotatable bonds is 6. The van der Waals surface area contributed by atoms with Crippen LogP contribution in [0, 0.1) is 0 Å². The summed E-state index contributed by atoms with van der Waals surface area (Å²) in [7, 11) is -3.92. The molecule has 2 heterocycles. The first-order valence-electron chi connectivity index (χ1n) is 9.82. The Kier molecular flexibility index (Phi) is 5.58. The van der Waals surface area contributed by atoms with Gasteiger partial charge in [0.15, 0.2) is 0 Å². The van der Waals surface area contributed by atoms with E-state index in [-0.39, 0.29) is 28.4 Å². The van der Waals surface area contributed by atoms with E-state index >= 15 is 0 Å². The number of carbonyl (C=O) groups excluding carboxylic acids is 1. The van der Waals surface area contributed by atoms with Crippen molar-refractivity contribution in [2.45, 2.75) is 42.7 Å². The predicted molar refractivity (Wildman–Crippen MR) is 109 cm³/mol. The Bertz CT molecular complexity index is 1000. The molecule has 1 saturated heterocycles. The van der Waals surface area contributed by atoms with E-state index < -0.39 is 10.0 Å². The largest absolute Gasteiger partial charge is 0.492 e. The Morgan fingerprint density at radius 1 is 1.28 bits per heavy atom. The lowest BCUT2D eigenvalue weighted by Gasteiger charge is -2.26. The average molecular weight is 416 g/mol. The van der Waals surface area contributed by atoms with Crippen molar-refractivity contribution in [3.63, 3.8) is 0 Å². The van der Waals surface area contributed by atoms with Crippen LogP contribution in [-0.4, -0.2) is 39.6 Å². The normalized spacial score (nSPS) is 19.4. The van der Waals surface area contributed by atoms with Crippen LogP contribution in [0.4, 0.5) is 0 Å². The minimum Gasteiger partial charge on any atom is -0.492 e. The molecular weight excluding hydrogens is 390 g/mol. The van der Waals surface area contributed by atoms with Gasteiger partial charge >= 0.3 is 0 Å². The second-order valence-electron chi connectivity index (χ2n) is 7.58. The first-order valence-corrected chi connectivity index (χ1v) is 11.4. The van der Waals surface area contributed by atoms with Crippen molar-refractivity contribution in [3.05, 3.63) is 59.2 Å². The van der Waals surface area contributed by atoms with Crippen LogP contribution >= 0.6 is 0 Å². The second kappa shape index (κ2) is 8.14. The molecule has 29 heavy (non-hydrogen) atoms. The Morgan fingerprint density at radius 2 is 2.07 bits per heavy atom. The molecule has 2 aromatic carbocycles. The molecule has 154 valence electrons. The molecule has 0 radical (unpaired) electrons. The summed E-state index contributed by atoms with van der Waals surface area (Å²) in [5, 5.41) is 11.9. The van der Waals surface area contributed by atoms with E-state index in [2.05, 4.69) is 10.6 Å². The van der Waals surface area contributed by atoms with E-state index in [0.29, 0.717) is 30.8 Å². The number of carbonyl (C=O) groups is 1. The molecule has 8 heteroatoms. The maximum absolute atomic E-state index is 13.2. The monoisotopic (exact) mass is 415 g/mol. The third-order valence-corrected chi connectivity index (χ3v) is 6.42. The van der Waals surface area contributed by atoms with Crippen molar-refractivity contribution < 1.29 is 17.9 Å². The number of amides is 1. The Morgan fingerprint density at radius 3 is 2.76 bits per heavy atom. The number of primary sulfonamides is 1. The molecule has 2 unspecified atom stereocenters. The molecule has 2 atom stereocenters. The number of ether oxygens (including phenoxy) is 1. The average Bonchev–Trinajstić information content (AvgIpc) is 3.38. The first kappa shape index (κ1) is 19.9. The van der Waals surface area contributed by atoms with Gasteiger partial charge in [0.25, 0.3) is 5.91 Å². The maximum Gasteiger partial charge on any atom is 0.255 e. The van der Waals surface area contributed by atoms with E-state index in [1.807, 2.05) is 30.3 Å². The summed E-state index contributed by atoms with van der Waals surface area (Å²) in [4.78, 5) is 13.1. The van der Waals surface area contributed by atoms with Crippen molar-refractivity contribution in [1.29, 1.82) is 0 Å². The Balaban J connectivity index is 1.63. The van der Waals surface area contributed by atoms with Crippen molar-refractivity contribution in [3.8, 4) is 5.75 Å². The second-order valence-corrected chi connectivity index (χ2v) is 9.14. The van der Waals surface area contributed by atoms with Gasteiger partial charge in [0.1, 0.15) is 5.75 Å². The minimum atomic E-state index is -3.92. The summed E-state index contributed by atoms with van der Waals surface area (Å²) in [6, 6.07) is 12.8. The maximum atomic E-state index is 13.2. The fraction of sp³-hybridized carbons (Fsp3) is 0.381. The minimum absolute atomic E-state index is 0.0644. The summed E-state index contributed by atoms with van der Waals surface area (Å²) in [5.74, 6) is 0.107. The molecule has 0 aliphatic carbocycles. The molecule has 0 saturated carbocycles. The SMILES string of the molecule is NS(=O)(=O)c1cc2c(c(C(=O)NC(Cc3ccccc3)C3CCCN3)c1)OCC2. The number of nitrogens with one attached hydrogen (secondary N) is 2. The lowest BCUT2D eigenvalue weighted by molar-refractivity contribution is 0.0925. The van der Waals surface area contributed by atoms with E-state index in [9.17, 15) is 13.2 Å². The lowest BCUT2D eigenvalue weighted by Crippen LogP contribution is -2.48. The van der Waals surface area contributed by atoms with Gasteiger partial charge in [0.05, 0.1) is 17.1 Å². The molecular formula is C21H25N3O4S. The summed E-state index contributed by atoms with van der Waals surface area (Å²) in [5.41, 5.74) is 2.05. The van der Waals surface area contributed by atoms with Crippen LogP contribution in [0.2, 0.25) is 0 Å². The zero-order valence-corrected chi connectivity index (χ0v) is 16.9. The first-order chi connectivity index (χ1) is 13.9. The lowest BCUT2D eigenvalue weighted by atomic mass is 9.97. The van der Waals surface area contributed by atoms with Crippen LogP contribution in [0.25, 0.3) is 0 Å². The molecule has 1 amide bonds. The van der Waals surface area contributed by atoms with E-state index in [1.54, 1.807) is 0 Å². The molecule has 1 fully saturated rings. The topological polar surface area (TPSA) is 111 Å². The zero-order chi connectivity index (χ0) is 20.4. The van der Waals surface area contributed by atoms with Crippen molar-refractivity contribution in [2.75, 3.05) is 13.2 Å². The molecule has 7 nitrogen and oxygen atoms in total. The molecule has 4 N–H and O–H groups in total. The summed E-state index contributed by atoms with van der Waals surface area (Å²) < 4.78 is 29.4. The number of sulfonamides is 1. The summed E-state index contributed by atoms with van der Waals surface area (Å²) in [6.07, 6.45) is 3.27. The van der Waals surface area contributed by atoms with Gasteiger partial charge in [-0.3, -0.25) is 4.79 Å². The zero-order valence-electron chi connectivity index (χ0n) is 16.1. The molecule has 4 rings (SSSR count). The summed E-state index contributed by atoms with van der Waals surface area (Å²) in [6.45, 7) is 1.34. The highest BCUT2D eigenvalue weighted by Gasteiger charge is 2.30. The third-order valence-electron chi connectivity index (χ3n) is 5.53. The molecule has 2 aromatic rings. The number of benzene rings is 2. The van der Waals surface area contributed by atoms with Crippen LogP contribution in [0.3, 0.4) is 0 Å². The molecule has 2 aliphatic rings. The number of hydrogen-bond donors (Lipinski definition) is 3. The van der Waals surface area contributed by atoms with Crippen LogP contribution in [0.1, 0.15) is 34.3 Å². The highest BCUT2D eigenvalue weighted by molar-refractivity contribution is 7.89. The highest BCUT2D eigenvalue weighted by atomic mass is 32.2. The molecule has 0 bridgehead atoms. The molecule has 2 aliphatic heterocycles. The van der Waals surface area contributed by atoms with Crippen molar-refractivity contribution in [1.82, 2.24) is 10.6 Å². The van der Waals surface area contributed by atoms with Gasteiger partial charge in [0, 0.05) is 18.5 Å². The summed E-state index contributed by atoms with van der Waals surface area (Å²) >= 11 is 0. The van der Waals surface area contributed by atoms with E-state index in [0.717, 1.165) is 24.9 Å². The highest BCUT2D eigenvalue weighted by Crippen LogP contribution is 2.32. The van der Waals surface area contributed by atoms with Crippen LogP contribution < -0.4 is 20.5 Å². The van der Waals surface area contributed by atoms with Crippen LogP contribution in [-0.2, 0) is 22.9 Å². The predicted octanol–water partition coefficient (Wildman–Crippen LogP) is 1.36. The van der Waals surface area contributed by atoms with Crippen LogP contribution in [0.15, 0.2) is 47.4 Å². The van der Waals surface area contributed by atoms with E-state index in [1.165, 1.54) is 12.1 Å². The standard InChI is InChI=1S/C21H25N3O4S/c22-29(26,27)16-12-15-8-10-28-20(15)17(13-16)21(25)24-19(18-7-4-9-23-18)11-14-5-2-1-3-6-14/h1-3,5-6,12-13,18-19,23H,4,7-11H2,(H,24,25)(H2,22,26,27). The van der Waals surface area contributed by atoms with Gasteiger partial charge in [-0.05, 0) is 49.1 Å². The number of nitrogens with two attached hydrogens (primary N) is 1. The fourth-order valence-electron chi connectivity index (χ4n) is 4.07.